The molecule has 4 aliphatic rings. The minimum Gasteiger partial charge on any atom is -0.495 e. The van der Waals surface area contributed by atoms with Crippen LogP contribution in [-0.2, 0) is 6.42 Å². The van der Waals surface area contributed by atoms with Crippen molar-refractivity contribution in [2.45, 2.75) is 109 Å². The second kappa shape index (κ2) is 17.3. The van der Waals surface area contributed by atoms with Crippen LogP contribution in [0.2, 0.25) is 0 Å². The van der Waals surface area contributed by atoms with Crippen LogP contribution in [0.1, 0.15) is 130 Å². The number of fused-ring (bicyclic) bond motifs is 3. The standard InChI is InChI=1S/C49H52N10O4S/c1-29-30(2)64-48-44(29)45(53-40(26-43-51-22-24-62-43)46-57-54-31(3)59(46)48)34-7-5-32(6-8-34)33-17-19-49(20-18-33)21-23-58(28-49)42-16-15-39(55-56-42)47(60)52-36-10-13-37(14-11-36)63-38-12-9-35(27-50)41(25-38)61-4/h5-9,12,15-16,22,24-25,33,36-37,40H,10-11,13-14,17-21,23,26,28H2,1-4H3,(H,52,60)/t33?,36?,37?,40-,49?/m0/s1. The number of amides is 1. The van der Waals surface area contributed by atoms with E-state index in [9.17, 15) is 10.1 Å². The lowest BCUT2D eigenvalue weighted by molar-refractivity contribution is 0.0888. The van der Waals surface area contributed by atoms with Crippen molar-refractivity contribution in [3.63, 3.8) is 0 Å². The van der Waals surface area contributed by atoms with E-state index in [1.165, 1.54) is 28.8 Å². The number of benzene rings is 2. The molecule has 2 aliphatic heterocycles. The summed E-state index contributed by atoms with van der Waals surface area (Å²) in [4.78, 5) is 26.7. The summed E-state index contributed by atoms with van der Waals surface area (Å²) in [5.41, 5.74) is 6.91. The number of nitrogens with zero attached hydrogens (tertiary/aromatic N) is 9. The minimum absolute atomic E-state index is 0.0364. The van der Waals surface area contributed by atoms with E-state index in [2.05, 4.69) is 84.3 Å². The number of aliphatic imine (C=N–C) groups is 1. The van der Waals surface area contributed by atoms with Gasteiger partial charge in [0.1, 0.15) is 40.7 Å². The topological polar surface area (TPSA) is 169 Å². The van der Waals surface area contributed by atoms with Crippen molar-refractivity contribution >= 4 is 28.8 Å². The first-order chi connectivity index (χ1) is 31.2. The summed E-state index contributed by atoms with van der Waals surface area (Å²) in [6.45, 7) is 8.27. The molecule has 14 nitrogen and oxygen atoms in total. The number of carbonyl (C=O) groups is 1. The Labute approximate surface area is 376 Å². The normalized spacial score (nSPS) is 22.9. The molecule has 10 rings (SSSR count). The van der Waals surface area contributed by atoms with Crippen molar-refractivity contribution in [1.82, 2.24) is 35.3 Å². The van der Waals surface area contributed by atoms with Gasteiger partial charge in [0.2, 0.25) is 0 Å². The third-order valence-corrected chi connectivity index (χ3v) is 15.2. The number of aryl methyl sites for hydroxylation is 2. The third-order valence-electron chi connectivity index (χ3n) is 14.0. The summed E-state index contributed by atoms with van der Waals surface area (Å²) in [5, 5.41) is 31.6. The van der Waals surface area contributed by atoms with Crippen molar-refractivity contribution < 1.29 is 18.7 Å². The molecule has 1 amide bonds. The first-order valence-electron chi connectivity index (χ1n) is 22.4. The molecule has 2 aliphatic carbocycles. The highest BCUT2D eigenvalue weighted by Crippen LogP contribution is 2.49. The van der Waals surface area contributed by atoms with Gasteiger partial charge in [0.15, 0.2) is 23.2 Å². The Kier molecular flexibility index (Phi) is 11.2. The number of methoxy groups -OCH3 is 1. The van der Waals surface area contributed by atoms with Crippen molar-refractivity contribution in [3.8, 4) is 22.6 Å². The molecule has 3 fully saturated rings. The van der Waals surface area contributed by atoms with E-state index >= 15 is 0 Å². The van der Waals surface area contributed by atoms with Gasteiger partial charge in [-0.1, -0.05) is 24.3 Å². The number of hydrogen-bond donors (Lipinski definition) is 1. The van der Waals surface area contributed by atoms with Crippen molar-refractivity contribution in [2.24, 2.45) is 10.4 Å². The predicted octanol–water partition coefficient (Wildman–Crippen LogP) is 8.72. The fourth-order valence-corrected chi connectivity index (χ4v) is 11.5. The van der Waals surface area contributed by atoms with Crippen molar-refractivity contribution in [3.05, 3.63) is 123 Å². The number of rotatable bonds is 10. The van der Waals surface area contributed by atoms with Gasteiger partial charge in [-0.05, 0) is 125 Å². The van der Waals surface area contributed by atoms with Gasteiger partial charge in [0.25, 0.3) is 5.91 Å². The van der Waals surface area contributed by atoms with E-state index < -0.39 is 0 Å². The Balaban J connectivity index is 0.741. The van der Waals surface area contributed by atoms with Gasteiger partial charge in [-0.25, -0.2) is 4.98 Å². The van der Waals surface area contributed by atoms with E-state index in [0.29, 0.717) is 41.0 Å². The summed E-state index contributed by atoms with van der Waals surface area (Å²) < 4.78 is 19.4. The number of aromatic nitrogens is 6. The molecule has 1 saturated heterocycles. The van der Waals surface area contributed by atoms with E-state index in [1.54, 1.807) is 49.1 Å². The predicted molar refractivity (Wildman–Crippen MR) is 243 cm³/mol. The van der Waals surface area contributed by atoms with Crippen LogP contribution in [0.25, 0.3) is 5.00 Å². The molecule has 2 saturated carbocycles. The summed E-state index contributed by atoms with van der Waals surface area (Å²) in [7, 11) is 1.55. The second-order valence-electron chi connectivity index (χ2n) is 17.9. The van der Waals surface area contributed by atoms with Gasteiger partial charge in [0, 0.05) is 41.2 Å². The van der Waals surface area contributed by atoms with Gasteiger partial charge in [-0.15, -0.1) is 31.7 Å². The monoisotopic (exact) mass is 876 g/mol. The SMILES string of the molecule is COc1cc(OC2CCC(NC(=O)c3ccc(N4CCC5(CCC(c6ccc(C7=N[C@@H](Cc8ncco8)c8nnc(C)n8-c8sc(C)c(C)c87)cc6)CC5)C4)nn3)CC2)ccc1C#N. The number of nitrogens with one attached hydrogen (secondary N) is 1. The Hall–Kier alpha value is -6.40. The largest absolute Gasteiger partial charge is 0.495 e. The van der Waals surface area contributed by atoms with E-state index in [-0.39, 0.29) is 29.5 Å². The summed E-state index contributed by atoms with van der Waals surface area (Å²) >= 11 is 1.77. The lowest BCUT2D eigenvalue weighted by Gasteiger charge is -2.37. The van der Waals surface area contributed by atoms with Crippen LogP contribution in [0.4, 0.5) is 5.82 Å². The zero-order chi connectivity index (χ0) is 44.0. The fraction of sp³-hybridized carbons (Fsp3) is 0.429. The van der Waals surface area contributed by atoms with Crippen LogP contribution in [-0.4, -0.2) is 73.9 Å². The Morgan fingerprint density at radius 2 is 1.78 bits per heavy atom. The van der Waals surface area contributed by atoms with Crippen LogP contribution >= 0.6 is 11.3 Å². The average Bonchev–Trinajstić information content (AvgIpc) is 4.12. The molecule has 0 unspecified atom stereocenters. The Morgan fingerprint density at radius 1 is 0.969 bits per heavy atom. The molecule has 1 N–H and O–H groups in total. The van der Waals surface area contributed by atoms with E-state index in [1.807, 2.05) is 19.1 Å². The number of carbonyl (C=O) groups excluding carboxylic acids is 1. The average molecular weight is 877 g/mol. The molecule has 328 valence electrons. The molecular weight excluding hydrogens is 825 g/mol. The number of anilines is 1. The lowest BCUT2D eigenvalue weighted by atomic mass is 9.68. The quantitative estimate of drug-likeness (QED) is 0.140. The van der Waals surface area contributed by atoms with E-state index in [4.69, 9.17) is 18.9 Å². The Morgan fingerprint density at radius 3 is 2.50 bits per heavy atom. The van der Waals surface area contributed by atoms with Gasteiger partial charge >= 0.3 is 0 Å². The van der Waals surface area contributed by atoms with Gasteiger partial charge in [-0.2, -0.15) is 5.26 Å². The zero-order valence-electron chi connectivity index (χ0n) is 36.7. The second-order valence-corrected chi connectivity index (χ2v) is 19.1. The molecule has 2 aromatic carbocycles. The lowest BCUT2D eigenvalue weighted by Crippen LogP contribution is -2.40. The molecule has 0 radical (unpaired) electrons. The maximum absolute atomic E-state index is 13.2. The molecule has 6 aromatic rings. The molecular formula is C49H52N10O4S. The van der Waals surface area contributed by atoms with Crippen LogP contribution in [0.15, 0.2) is 76.5 Å². The minimum atomic E-state index is -0.297. The smallest absolute Gasteiger partial charge is 0.272 e. The molecule has 0 bridgehead atoms. The van der Waals surface area contributed by atoms with Gasteiger partial charge < -0.3 is 24.1 Å². The highest BCUT2D eigenvalue weighted by atomic mass is 32.1. The highest BCUT2D eigenvalue weighted by Gasteiger charge is 2.42. The van der Waals surface area contributed by atoms with Crippen LogP contribution in [0, 0.1) is 37.5 Å². The third kappa shape index (κ3) is 8.04. The number of ether oxygens (including phenoxy) is 2. The maximum Gasteiger partial charge on any atom is 0.272 e. The van der Waals surface area contributed by atoms with Crippen molar-refractivity contribution in [1.29, 1.82) is 5.26 Å². The number of oxazole rings is 1. The fourth-order valence-electron chi connectivity index (χ4n) is 10.3. The van der Waals surface area contributed by atoms with Crippen LogP contribution in [0.5, 0.6) is 11.5 Å². The molecule has 4 aromatic heterocycles. The van der Waals surface area contributed by atoms with Gasteiger partial charge in [-0.3, -0.25) is 14.4 Å². The van der Waals surface area contributed by atoms with Crippen LogP contribution < -0.4 is 19.7 Å². The van der Waals surface area contributed by atoms with Crippen molar-refractivity contribution in [2.75, 3.05) is 25.1 Å². The molecule has 1 spiro atoms. The molecule has 1 atom stereocenters. The van der Waals surface area contributed by atoms with E-state index in [0.717, 1.165) is 97.3 Å². The zero-order valence-corrected chi connectivity index (χ0v) is 37.5. The molecule has 6 heterocycles. The summed E-state index contributed by atoms with van der Waals surface area (Å²) in [5.74, 6) is 4.61. The Bertz CT molecular complexity index is 2720. The van der Waals surface area contributed by atoms with Crippen LogP contribution in [0.3, 0.4) is 0 Å². The number of nitriles is 1. The first kappa shape index (κ1) is 41.6. The maximum atomic E-state index is 13.2. The number of hydrogen-bond acceptors (Lipinski definition) is 13. The van der Waals surface area contributed by atoms with Gasteiger partial charge in [0.05, 0.1) is 37.1 Å². The summed E-state index contributed by atoms with van der Waals surface area (Å²) in [6.07, 6.45) is 12.8. The number of thiophene rings is 1. The highest BCUT2D eigenvalue weighted by molar-refractivity contribution is 7.15. The molecule has 64 heavy (non-hydrogen) atoms. The first-order valence-corrected chi connectivity index (χ1v) is 23.2. The molecule has 15 heteroatoms. The summed E-state index contributed by atoms with van der Waals surface area (Å²) in [6, 6.07) is 20.1.